The number of benzene rings is 4. The minimum atomic E-state index is 0.554. The Bertz CT molecular complexity index is 1590. The van der Waals surface area contributed by atoms with Crippen molar-refractivity contribution in [3.63, 3.8) is 0 Å². The molecule has 0 fully saturated rings. The highest BCUT2D eigenvalue weighted by molar-refractivity contribution is 6.36. The van der Waals surface area contributed by atoms with E-state index in [2.05, 4.69) is 125 Å². The zero-order valence-corrected chi connectivity index (χ0v) is 31.8. The summed E-state index contributed by atoms with van der Waals surface area (Å²) in [6.45, 7) is 9.28. The maximum Gasteiger partial charge on any atom is 0.0397 e. The van der Waals surface area contributed by atoms with E-state index < -0.39 is 0 Å². The summed E-state index contributed by atoms with van der Waals surface area (Å²) >= 11 is 0. The second-order valence-corrected chi connectivity index (χ2v) is 15.9. The van der Waals surface area contributed by atoms with Gasteiger partial charge in [-0.1, -0.05) is 187 Å². The third-order valence-corrected chi connectivity index (χ3v) is 12.7. The van der Waals surface area contributed by atoms with E-state index >= 15 is 0 Å². The fourth-order valence-electron chi connectivity index (χ4n) is 8.34. The van der Waals surface area contributed by atoms with Crippen LogP contribution in [0.4, 0.5) is 0 Å². The van der Waals surface area contributed by atoms with Crippen molar-refractivity contribution < 1.29 is 0 Å². The lowest BCUT2D eigenvalue weighted by atomic mass is 9.92. The molecule has 0 saturated heterocycles. The first-order chi connectivity index (χ1) is 24.1. The van der Waals surface area contributed by atoms with E-state index in [-0.39, 0.29) is 0 Å². The molecule has 0 nitrogen and oxygen atoms in total. The molecule has 0 heterocycles. The molecule has 0 aromatic heterocycles. The first-order valence-corrected chi connectivity index (χ1v) is 21.1. The van der Waals surface area contributed by atoms with Gasteiger partial charge in [0, 0.05) is 21.4 Å². The average Bonchev–Trinajstić information content (AvgIpc) is 3.70. The molecular weight excluding hydrogens is 605 g/mol. The Morgan fingerprint density at radius 2 is 0.898 bits per heavy atom. The van der Waals surface area contributed by atoms with Crippen molar-refractivity contribution in [3.8, 4) is 22.3 Å². The topological polar surface area (TPSA) is 0 Å². The predicted octanol–water partition coefficient (Wildman–Crippen LogP) is 14.3. The van der Waals surface area contributed by atoms with E-state index in [4.69, 9.17) is 0 Å². The Morgan fingerprint density at radius 3 is 1.29 bits per heavy atom. The number of unbranched alkanes of at least 4 members (excludes halogenated alkanes) is 6. The second kappa shape index (κ2) is 17.5. The molecule has 2 aliphatic carbocycles. The maximum atomic E-state index is 2.55. The Kier molecular flexibility index (Phi) is 12.6. The van der Waals surface area contributed by atoms with Crippen LogP contribution < -0.4 is 0 Å². The molecule has 1 heteroatoms. The molecule has 6 rings (SSSR count). The highest BCUT2D eigenvalue weighted by Gasteiger charge is 2.29. The first-order valence-electron chi connectivity index (χ1n) is 19.7. The smallest absolute Gasteiger partial charge is 0.0397 e. The van der Waals surface area contributed by atoms with Gasteiger partial charge in [-0.05, 0) is 94.2 Å². The number of fused-ring (bicyclic) bond motifs is 2. The molecule has 2 radical (unpaired) electrons. The number of allylic oxidation sites excluding steroid dienone is 2. The van der Waals surface area contributed by atoms with Gasteiger partial charge in [0.25, 0.3) is 0 Å². The van der Waals surface area contributed by atoms with Crippen LogP contribution in [0.15, 0.2) is 96.1 Å². The van der Waals surface area contributed by atoms with Crippen LogP contribution in [0.2, 0.25) is 12.1 Å². The van der Waals surface area contributed by atoms with Crippen LogP contribution in [0.1, 0.15) is 137 Å². The fourth-order valence-corrected chi connectivity index (χ4v) is 10.0. The second-order valence-electron chi connectivity index (χ2n) is 14.5. The molecule has 49 heavy (non-hydrogen) atoms. The molecule has 0 amide bonds. The van der Waals surface area contributed by atoms with Crippen molar-refractivity contribution >= 4 is 21.7 Å². The minimum absolute atomic E-state index is 0.554. The molecule has 254 valence electrons. The summed E-state index contributed by atoms with van der Waals surface area (Å²) in [5.41, 5.74) is 17.8. The number of aryl methyl sites for hydroxylation is 2. The normalized spacial score (nSPS) is 16.4. The highest BCUT2D eigenvalue weighted by atomic mass is 28.2. The van der Waals surface area contributed by atoms with Gasteiger partial charge >= 0.3 is 0 Å². The lowest BCUT2D eigenvalue weighted by Gasteiger charge is -2.20. The van der Waals surface area contributed by atoms with Crippen molar-refractivity contribution in [2.24, 2.45) is 0 Å². The summed E-state index contributed by atoms with van der Waals surface area (Å²) in [5.74, 6) is 1.11. The number of rotatable bonds is 18. The lowest BCUT2D eigenvalue weighted by Crippen LogP contribution is -2.08. The molecule has 0 bridgehead atoms. The van der Waals surface area contributed by atoms with E-state index in [0.717, 1.165) is 22.4 Å². The molecule has 2 aliphatic rings. The van der Waals surface area contributed by atoms with Gasteiger partial charge in [0.15, 0.2) is 0 Å². The van der Waals surface area contributed by atoms with Gasteiger partial charge in [-0.2, -0.15) is 0 Å². The van der Waals surface area contributed by atoms with Crippen LogP contribution >= 0.6 is 0 Å². The summed E-state index contributed by atoms with van der Waals surface area (Å²) < 4.78 is 0. The lowest BCUT2D eigenvalue weighted by molar-refractivity contribution is 0.667. The van der Waals surface area contributed by atoms with Gasteiger partial charge in [0.05, 0.1) is 0 Å². The molecular formula is C48H58Si. The summed E-state index contributed by atoms with van der Waals surface area (Å²) in [6, 6.07) is 35.6. The minimum Gasteiger partial charge on any atom is -0.0654 e. The number of hydrogen-bond donors (Lipinski definition) is 0. The standard InChI is InChI=1S/C48H58Si/c1-5-9-11-13-17-35-23-27-39(28-24-35)41-19-15-21-43-45(41)31-37(7-3)47(43)33-49-34-48-38(8-4)32-46-42(20-16-22-44(46)48)40-29-25-36(26-30-40)18-14-12-10-6-2/h15-16,19-32,47-48H,5-14,17-18,33-34H2,1-4H3. The van der Waals surface area contributed by atoms with Crippen LogP contribution in [0, 0.1) is 0 Å². The van der Waals surface area contributed by atoms with Gasteiger partial charge in [-0.25, -0.2) is 0 Å². The molecule has 4 aromatic rings. The summed E-state index contributed by atoms with van der Waals surface area (Å²) in [5, 5.41) is 0. The molecule has 0 saturated carbocycles. The Morgan fingerprint density at radius 1 is 0.469 bits per heavy atom. The van der Waals surface area contributed by atoms with Gasteiger partial charge in [-0.3, -0.25) is 0 Å². The zero-order valence-electron chi connectivity index (χ0n) is 30.8. The van der Waals surface area contributed by atoms with E-state index in [0.29, 0.717) is 11.8 Å². The van der Waals surface area contributed by atoms with Gasteiger partial charge in [-0.15, -0.1) is 0 Å². The van der Waals surface area contributed by atoms with Gasteiger partial charge < -0.3 is 0 Å². The third kappa shape index (κ3) is 8.32. The van der Waals surface area contributed by atoms with E-state index in [1.54, 1.807) is 22.3 Å². The molecule has 2 atom stereocenters. The van der Waals surface area contributed by atoms with E-state index in [1.165, 1.54) is 121 Å². The Hall–Kier alpha value is -3.42. The fraction of sp³-hybridized carbons (Fsp3) is 0.417. The van der Waals surface area contributed by atoms with Gasteiger partial charge in [0.2, 0.25) is 0 Å². The summed E-state index contributed by atoms with van der Waals surface area (Å²) in [4.78, 5) is 0. The molecule has 2 unspecified atom stereocenters. The van der Waals surface area contributed by atoms with Crippen molar-refractivity contribution in [2.45, 2.75) is 129 Å². The van der Waals surface area contributed by atoms with Crippen LogP contribution in [0.5, 0.6) is 0 Å². The van der Waals surface area contributed by atoms with E-state index in [1.807, 2.05) is 0 Å². The van der Waals surface area contributed by atoms with Gasteiger partial charge in [0.1, 0.15) is 0 Å². The zero-order chi connectivity index (χ0) is 34.0. The summed E-state index contributed by atoms with van der Waals surface area (Å²) in [6.07, 6.45) is 20.3. The molecule has 0 spiro atoms. The predicted molar refractivity (Wildman–Crippen MR) is 217 cm³/mol. The highest BCUT2D eigenvalue weighted by Crippen LogP contribution is 2.47. The molecule has 0 N–H and O–H groups in total. The van der Waals surface area contributed by atoms with Crippen LogP contribution in [-0.4, -0.2) is 9.52 Å². The molecule has 4 aromatic carbocycles. The Labute approximate surface area is 301 Å². The summed E-state index contributed by atoms with van der Waals surface area (Å²) in [7, 11) is 0.942. The van der Waals surface area contributed by atoms with Crippen LogP contribution in [0.25, 0.3) is 34.4 Å². The van der Waals surface area contributed by atoms with Crippen LogP contribution in [-0.2, 0) is 12.8 Å². The number of hydrogen-bond acceptors (Lipinski definition) is 0. The van der Waals surface area contributed by atoms with Crippen molar-refractivity contribution in [1.82, 2.24) is 0 Å². The maximum absolute atomic E-state index is 2.55. The third-order valence-electron chi connectivity index (χ3n) is 11.3. The monoisotopic (exact) mass is 662 g/mol. The van der Waals surface area contributed by atoms with Crippen molar-refractivity contribution in [3.05, 3.63) is 129 Å². The molecule has 0 aliphatic heterocycles. The van der Waals surface area contributed by atoms with E-state index in [9.17, 15) is 0 Å². The Balaban J connectivity index is 1.13. The quantitative estimate of drug-likeness (QED) is 0.0735. The van der Waals surface area contributed by atoms with Crippen molar-refractivity contribution in [1.29, 1.82) is 0 Å². The first kappa shape index (κ1) is 35.4. The average molecular weight is 663 g/mol. The SMILES string of the molecule is CCCCCCc1ccc(-c2cccc3c2C=C(CC)C3C[Si]CC2C(CC)=Cc3c(-c4ccc(CCCCCC)cc4)cccc32)cc1. The van der Waals surface area contributed by atoms with Crippen molar-refractivity contribution in [2.75, 3.05) is 0 Å². The van der Waals surface area contributed by atoms with Crippen LogP contribution in [0.3, 0.4) is 0 Å². The largest absolute Gasteiger partial charge is 0.0654 e.